The standard InChI is InChI=1S/C12H13F3N2O3S/c1-2-6(8-17-7(5-21-8)12(13,14)15)16-9(18)11(3-4-11)10(19)20/h5-6H,2-4H2,1H3,(H,16,18)(H,19,20)/t6-/m1/s1. The summed E-state index contributed by atoms with van der Waals surface area (Å²) in [6.07, 6.45) is -3.71. The van der Waals surface area contributed by atoms with E-state index in [1.54, 1.807) is 6.92 Å². The Morgan fingerprint density at radius 3 is 2.52 bits per heavy atom. The lowest BCUT2D eigenvalue weighted by Gasteiger charge is -2.17. The first kappa shape index (κ1) is 15.7. The fraction of sp³-hybridized carbons (Fsp3) is 0.583. The van der Waals surface area contributed by atoms with Crippen molar-refractivity contribution in [3.63, 3.8) is 0 Å². The molecule has 5 nitrogen and oxygen atoms in total. The Morgan fingerprint density at radius 2 is 2.14 bits per heavy atom. The molecular weight excluding hydrogens is 309 g/mol. The monoisotopic (exact) mass is 322 g/mol. The van der Waals surface area contributed by atoms with Crippen LogP contribution in [-0.2, 0) is 15.8 Å². The SMILES string of the molecule is CC[C@@H](NC(=O)C1(C(=O)O)CC1)c1nc(C(F)(F)F)cs1. The highest BCUT2D eigenvalue weighted by molar-refractivity contribution is 7.09. The molecule has 0 aromatic carbocycles. The Bertz CT molecular complexity index is 566. The van der Waals surface area contributed by atoms with E-state index in [1.807, 2.05) is 0 Å². The Labute approximate surface area is 122 Å². The van der Waals surface area contributed by atoms with Crippen LogP contribution in [0.5, 0.6) is 0 Å². The molecule has 1 fully saturated rings. The van der Waals surface area contributed by atoms with Gasteiger partial charge in [0.25, 0.3) is 0 Å². The Hall–Kier alpha value is -1.64. The van der Waals surface area contributed by atoms with E-state index in [1.165, 1.54) is 0 Å². The summed E-state index contributed by atoms with van der Waals surface area (Å²) in [4.78, 5) is 26.5. The number of carboxylic acid groups (broad SMARTS) is 1. The predicted molar refractivity (Wildman–Crippen MR) is 67.6 cm³/mol. The van der Waals surface area contributed by atoms with Gasteiger partial charge >= 0.3 is 12.1 Å². The van der Waals surface area contributed by atoms with E-state index in [4.69, 9.17) is 5.11 Å². The van der Waals surface area contributed by atoms with Gasteiger partial charge in [0, 0.05) is 5.38 Å². The van der Waals surface area contributed by atoms with Gasteiger partial charge in [0.1, 0.15) is 10.4 Å². The number of nitrogens with zero attached hydrogens (tertiary/aromatic N) is 1. The number of hydrogen-bond donors (Lipinski definition) is 2. The Kier molecular flexibility index (Phi) is 3.96. The van der Waals surface area contributed by atoms with Crippen LogP contribution >= 0.6 is 11.3 Å². The number of hydrogen-bond acceptors (Lipinski definition) is 4. The molecule has 1 aromatic heterocycles. The normalized spacial score (nSPS) is 18.1. The van der Waals surface area contributed by atoms with Crippen LogP contribution in [0, 0.1) is 5.41 Å². The zero-order chi connectivity index (χ0) is 15.8. The number of aromatic nitrogens is 1. The van der Waals surface area contributed by atoms with E-state index in [2.05, 4.69) is 10.3 Å². The van der Waals surface area contributed by atoms with Crippen molar-refractivity contribution >= 4 is 23.2 Å². The number of alkyl halides is 3. The van der Waals surface area contributed by atoms with Gasteiger partial charge < -0.3 is 10.4 Å². The van der Waals surface area contributed by atoms with E-state index in [0.29, 0.717) is 6.42 Å². The molecule has 9 heteroatoms. The van der Waals surface area contributed by atoms with Crippen LogP contribution < -0.4 is 5.32 Å². The predicted octanol–water partition coefficient (Wildman–Crippen LogP) is 2.59. The second kappa shape index (κ2) is 5.28. The average molecular weight is 322 g/mol. The fourth-order valence-electron chi connectivity index (χ4n) is 1.88. The molecular formula is C12H13F3N2O3S. The third kappa shape index (κ3) is 3.02. The largest absolute Gasteiger partial charge is 0.480 e. The molecule has 1 heterocycles. The van der Waals surface area contributed by atoms with Crippen molar-refractivity contribution < 1.29 is 27.9 Å². The number of carboxylic acids is 1. The minimum absolute atomic E-state index is 0.124. The lowest BCUT2D eigenvalue weighted by Crippen LogP contribution is -2.39. The van der Waals surface area contributed by atoms with Gasteiger partial charge in [-0.1, -0.05) is 6.92 Å². The summed E-state index contributed by atoms with van der Waals surface area (Å²) in [5.74, 6) is -1.87. The van der Waals surface area contributed by atoms with Crippen LogP contribution in [0.4, 0.5) is 13.2 Å². The zero-order valence-electron chi connectivity index (χ0n) is 11.0. The van der Waals surface area contributed by atoms with E-state index in [0.717, 1.165) is 16.7 Å². The van der Waals surface area contributed by atoms with E-state index in [-0.39, 0.29) is 17.8 Å². The molecule has 0 radical (unpaired) electrons. The minimum Gasteiger partial charge on any atom is -0.480 e. The number of aliphatic carboxylic acids is 1. The molecule has 0 saturated heterocycles. The number of nitrogens with one attached hydrogen (secondary N) is 1. The zero-order valence-corrected chi connectivity index (χ0v) is 11.8. The molecule has 1 saturated carbocycles. The Morgan fingerprint density at radius 1 is 1.52 bits per heavy atom. The molecule has 1 aliphatic rings. The molecule has 21 heavy (non-hydrogen) atoms. The summed E-state index contributed by atoms with van der Waals surface area (Å²) in [7, 11) is 0. The van der Waals surface area contributed by atoms with Crippen molar-refractivity contribution in [3.05, 3.63) is 16.1 Å². The molecule has 1 amide bonds. The maximum absolute atomic E-state index is 12.5. The van der Waals surface area contributed by atoms with Crippen molar-refractivity contribution in [3.8, 4) is 0 Å². The molecule has 2 rings (SSSR count). The number of carbonyl (C=O) groups excluding carboxylic acids is 1. The smallest absolute Gasteiger partial charge is 0.434 e. The topological polar surface area (TPSA) is 79.3 Å². The number of rotatable bonds is 5. The van der Waals surface area contributed by atoms with E-state index < -0.39 is 35.2 Å². The first-order chi connectivity index (χ1) is 9.70. The highest BCUT2D eigenvalue weighted by Crippen LogP contribution is 2.46. The third-order valence-electron chi connectivity index (χ3n) is 3.42. The second-order valence-corrected chi connectivity index (χ2v) is 5.78. The number of thiazole rings is 1. The maximum atomic E-state index is 12.5. The van der Waals surface area contributed by atoms with Gasteiger partial charge in [0.15, 0.2) is 5.69 Å². The van der Waals surface area contributed by atoms with Crippen LogP contribution in [0.2, 0.25) is 0 Å². The van der Waals surface area contributed by atoms with E-state index >= 15 is 0 Å². The van der Waals surface area contributed by atoms with Gasteiger partial charge in [-0.3, -0.25) is 9.59 Å². The van der Waals surface area contributed by atoms with Crippen LogP contribution in [-0.4, -0.2) is 22.0 Å². The first-order valence-corrected chi connectivity index (χ1v) is 7.15. The average Bonchev–Trinajstić information content (AvgIpc) is 3.06. The summed E-state index contributed by atoms with van der Waals surface area (Å²) in [5, 5.41) is 12.5. The number of carbonyl (C=O) groups is 2. The van der Waals surface area contributed by atoms with Gasteiger partial charge in [-0.15, -0.1) is 11.3 Å². The Balaban J connectivity index is 2.12. The van der Waals surface area contributed by atoms with Crippen LogP contribution in [0.1, 0.15) is 42.9 Å². The van der Waals surface area contributed by atoms with Crippen LogP contribution in [0.15, 0.2) is 5.38 Å². The molecule has 1 atom stereocenters. The van der Waals surface area contributed by atoms with Gasteiger partial charge in [-0.05, 0) is 19.3 Å². The summed E-state index contributed by atoms with van der Waals surface area (Å²) in [6, 6.07) is -0.713. The molecule has 0 aliphatic heterocycles. The van der Waals surface area contributed by atoms with Crippen molar-refractivity contribution in [2.24, 2.45) is 5.41 Å². The van der Waals surface area contributed by atoms with Crippen LogP contribution in [0.25, 0.3) is 0 Å². The molecule has 1 aliphatic carbocycles. The van der Waals surface area contributed by atoms with Gasteiger partial charge in [0.05, 0.1) is 6.04 Å². The summed E-state index contributed by atoms with van der Waals surface area (Å²) in [5.41, 5.74) is -2.42. The van der Waals surface area contributed by atoms with E-state index in [9.17, 15) is 22.8 Å². The molecule has 1 aromatic rings. The molecule has 0 spiro atoms. The summed E-state index contributed by atoms with van der Waals surface area (Å²) < 4.78 is 37.5. The highest BCUT2D eigenvalue weighted by atomic mass is 32.1. The van der Waals surface area contributed by atoms with Gasteiger partial charge in [-0.2, -0.15) is 13.2 Å². The highest BCUT2D eigenvalue weighted by Gasteiger charge is 2.57. The minimum atomic E-state index is -4.53. The van der Waals surface area contributed by atoms with Crippen molar-refractivity contribution in [1.29, 1.82) is 0 Å². The lowest BCUT2D eigenvalue weighted by atomic mass is 10.1. The number of amides is 1. The molecule has 2 N–H and O–H groups in total. The third-order valence-corrected chi connectivity index (χ3v) is 4.38. The summed E-state index contributed by atoms with van der Waals surface area (Å²) >= 11 is 0.797. The molecule has 116 valence electrons. The summed E-state index contributed by atoms with van der Waals surface area (Å²) in [6.45, 7) is 1.68. The van der Waals surface area contributed by atoms with Gasteiger partial charge in [-0.25, -0.2) is 4.98 Å². The van der Waals surface area contributed by atoms with Crippen molar-refractivity contribution in [2.75, 3.05) is 0 Å². The van der Waals surface area contributed by atoms with Gasteiger partial charge in [0.2, 0.25) is 5.91 Å². The first-order valence-electron chi connectivity index (χ1n) is 6.27. The number of halogens is 3. The molecule has 0 bridgehead atoms. The second-order valence-electron chi connectivity index (χ2n) is 4.89. The van der Waals surface area contributed by atoms with Crippen LogP contribution in [0.3, 0.4) is 0 Å². The molecule has 0 unspecified atom stereocenters. The van der Waals surface area contributed by atoms with Crippen molar-refractivity contribution in [1.82, 2.24) is 10.3 Å². The fourth-order valence-corrected chi connectivity index (χ4v) is 2.84. The lowest BCUT2D eigenvalue weighted by molar-refractivity contribution is -0.149. The quantitative estimate of drug-likeness (QED) is 0.817. The maximum Gasteiger partial charge on any atom is 0.434 e. The van der Waals surface area contributed by atoms with Crippen molar-refractivity contribution in [2.45, 2.75) is 38.4 Å².